The number of aryl methyl sites for hydroxylation is 1. The molecule has 2 aromatic rings. The number of hydrogen-bond donors (Lipinski definition) is 0. The SMILES string of the molecule is Cc1noc(C2CCN(C(=O)c3cc(C(C)C)on3)C2)n1. The van der Waals surface area contributed by atoms with Crippen molar-refractivity contribution in [1.29, 1.82) is 0 Å². The number of amides is 1. The van der Waals surface area contributed by atoms with Gasteiger partial charge in [0.25, 0.3) is 5.91 Å². The highest BCUT2D eigenvalue weighted by molar-refractivity contribution is 5.92. The number of carbonyl (C=O) groups is 1. The Hall–Kier alpha value is -2.18. The van der Waals surface area contributed by atoms with Crippen molar-refractivity contribution in [3.05, 3.63) is 29.2 Å². The fraction of sp³-hybridized carbons (Fsp3) is 0.571. The highest BCUT2D eigenvalue weighted by Crippen LogP contribution is 2.27. The van der Waals surface area contributed by atoms with E-state index in [1.54, 1.807) is 17.9 Å². The zero-order valence-electron chi connectivity index (χ0n) is 12.4. The second kappa shape index (κ2) is 5.31. The minimum atomic E-state index is -0.107. The van der Waals surface area contributed by atoms with Gasteiger partial charge in [-0.3, -0.25) is 4.79 Å². The Morgan fingerprint density at radius 2 is 2.19 bits per heavy atom. The third-order valence-electron chi connectivity index (χ3n) is 3.68. The molecule has 1 amide bonds. The number of nitrogens with zero attached hydrogens (tertiary/aromatic N) is 4. The van der Waals surface area contributed by atoms with Gasteiger partial charge in [0.15, 0.2) is 11.5 Å². The van der Waals surface area contributed by atoms with Crippen LogP contribution in [0.2, 0.25) is 0 Å². The summed E-state index contributed by atoms with van der Waals surface area (Å²) in [6.45, 7) is 7.02. The van der Waals surface area contributed by atoms with E-state index < -0.39 is 0 Å². The highest BCUT2D eigenvalue weighted by atomic mass is 16.5. The van der Waals surface area contributed by atoms with Gasteiger partial charge in [0, 0.05) is 25.1 Å². The first kappa shape index (κ1) is 13.8. The average Bonchev–Trinajstić information content (AvgIpc) is 3.17. The van der Waals surface area contributed by atoms with Crippen molar-refractivity contribution in [2.75, 3.05) is 13.1 Å². The molecule has 1 aliphatic heterocycles. The Balaban J connectivity index is 1.69. The summed E-state index contributed by atoms with van der Waals surface area (Å²) in [5.74, 6) is 2.16. The van der Waals surface area contributed by atoms with E-state index in [2.05, 4.69) is 15.3 Å². The van der Waals surface area contributed by atoms with E-state index in [4.69, 9.17) is 9.05 Å². The molecule has 7 heteroatoms. The Kier molecular flexibility index (Phi) is 3.48. The number of aromatic nitrogens is 3. The van der Waals surface area contributed by atoms with Gasteiger partial charge < -0.3 is 13.9 Å². The molecular formula is C14H18N4O3. The fourth-order valence-corrected chi connectivity index (χ4v) is 2.45. The van der Waals surface area contributed by atoms with Crippen molar-refractivity contribution in [2.24, 2.45) is 0 Å². The van der Waals surface area contributed by atoms with Crippen molar-refractivity contribution in [2.45, 2.75) is 39.0 Å². The summed E-state index contributed by atoms with van der Waals surface area (Å²) < 4.78 is 10.4. The summed E-state index contributed by atoms with van der Waals surface area (Å²) in [6, 6.07) is 1.72. The van der Waals surface area contributed by atoms with Crippen molar-refractivity contribution in [3.63, 3.8) is 0 Å². The quantitative estimate of drug-likeness (QED) is 0.860. The number of carbonyl (C=O) groups excluding carboxylic acids is 1. The molecule has 0 saturated carbocycles. The Labute approximate surface area is 122 Å². The van der Waals surface area contributed by atoms with Crippen LogP contribution in [0.4, 0.5) is 0 Å². The standard InChI is InChI=1S/C14H18N4O3/c1-8(2)12-6-11(17-20-12)14(19)18-5-4-10(7-18)13-15-9(3)16-21-13/h6,8,10H,4-5,7H2,1-3H3. The maximum Gasteiger partial charge on any atom is 0.276 e. The van der Waals surface area contributed by atoms with Gasteiger partial charge >= 0.3 is 0 Å². The predicted molar refractivity (Wildman–Crippen MR) is 72.9 cm³/mol. The van der Waals surface area contributed by atoms with Crippen LogP contribution < -0.4 is 0 Å². The van der Waals surface area contributed by atoms with Crippen molar-refractivity contribution in [3.8, 4) is 0 Å². The first-order valence-corrected chi connectivity index (χ1v) is 7.10. The summed E-state index contributed by atoms with van der Waals surface area (Å²) >= 11 is 0. The number of likely N-dealkylation sites (tertiary alicyclic amines) is 1. The molecule has 112 valence electrons. The van der Waals surface area contributed by atoms with E-state index in [1.165, 1.54) is 0 Å². The summed E-state index contributed by atoms with van der Waals surface area (Å²) in [7, 11) is 0. The summed E-state index contributed by atoms with van der Waals surface area (Å²) in [6.07, 6.45) is 0.822. The minimum Gasteiger partial charge on any atom is -0.360 e. The molecule has 2 aromatic heterocycles. The molecule has 0 aromatic carbocycles. The molecule has 3 heterocycles. The maximum absolute atomic E-state index is 12.4. The first-order chi connectivity index (χ1) is 10.0. The molecule has 0 N–H and O–H groups in total. The summed E-state index contributed by atoms with van der Waals surface area (Å²) in [4.78, 5) is 18.4. The van der Waals surface area contributed by atoms with Crippen LogP contribution in [-0.4, -0.2) is 39.2 Å². The Morgan fingerprint density at radius 1 is 1.38 bits per heavy atom. The topological polar surface area (TPSA) is 85.3 Å². The number of hydrogen-bond acceptors (Lipinski definition) is 6. The van der Waals surface area contributed by atoms with Gasteiger partial charge in [-0.15, -0.1) is 0 Å². The van der Waals surface area contributed by atoms with Crippen LogP contribution in [0.3, 0.4) is 0 Å². The number of rotatable bonds is 3. The molecule has 21 heavy (non-hydrogen) atoms. The molecule has 0 radical (unpaired) electrons. The van der Waals surface area contributed by atoms with E-state index in [0.29, 0.717) is 30.5 Å². The van der Waals surface area contributed by atoms with Crippen LogP contribution in [0.15, 0.2) is 15.1 Å². The largest absolute Gasteiger partial charge is 0.360 e. The molecule has 1 unspecified atom stereocenters. The normalized spacial score (nSPS) is 18.7. The zero-order chi connectivity index (χ0) is 15.0. The lowest BCUT2D eigenvalue weighted by atomic mass is 10.1. The van der Waals surface area contributed by atoms with Crippen LogP contribution in [0.25, 0.3) is 0 Å². The van der Waals surface area contributed by atoms with Gasteiger partial charge in [0.1, 0.15) is 5.76 Å². The van der Waals surface area contributed by atoms with Gasteiger partial charge in [-0.05, 0) is 13.3 Å². The first-order valence-electron chi connectivity index (χ1n) is 7.10. The second-order valence-corrected chi connectivity index (χ2v) is 5.69. The van der Waals surface area contributed by atoms with E-state index in [9.17, 15) is 4.79 Å². The minimum absolute atomic E-state index is 0.103. The zero-order valence-corrected chi connectivity index (χ0v) is 12.4. The third-order valence-corrected chi connectivity index (χ3v) is 3.68. The molecule has 0 spiro atoms. The molecular weight excluding hydrogens is 272 g/mol. The maximum atomic E-state index is 12.4. The van der Waals surface area contributed by atoms with Crippen LogP contribution in [0.1, 0.15) is 60.1 Å². The molecule has 1 saturated heterocycles. The van der Waals surface area contributed by atoms with Gasteiger partial charge in [0.05, 0.1) is 5.92 Å². The summed E-state index contributed by atoms with van der Waals surface area (Å²) in [5, 5.41) is 7.66. The van der Waals surface area contributed by atoms with Gasteiger partial charge in [-0.25, -0.2) is 0 Å². The van der Waals surface area contributed by atoms with Crippen molar-refractivity contribution < 1.29 is 13.8 Å². The van der Waals surface area contributed by atoms with E-state index in [1.807, 2.05) is 13.8 Å². The van der Waals surface area contributed by atoms with Gasteiger partial charge in [-0.1, -0.05) is 24.2 Å². The van der Waals surface area contributed by atoms with E-state index in [0.717, 1.165) is 12.2 Å². The lowest BCUT2D eigenvalue weighted by molar-refractivity contribution is 0.0779. The monoisotopic (exact) mass is 290 g/mol. The van der Waals surface area contributed by atoms with Crippen molar-refractivity contribution >= 4 is 5.91 Å². The van der Waals surface area contributed by atoms with Crippen molar-refractivity contribution in [1.82, 2.24) is 20.2 Å². The molecule has 3 rings (SSSR count). The fourth-order valence-electron chi connectivity index (χ4n) is 2.45. The molecule has 7 nitrogen and oxygen atoms in total. The van der Waals surface area contributed by atoms with Crippen LogP contribution in [0.5, 0.6) is 0 Å². The molecule has 0 aliphatic carbocycles. The second-order valence-electron chi connectivity index (χ2n) is 5.69. The Morgan fingerprint density at radius 3 is 2.81 bits per heavy atom. The lowest BCUT2D eigenvalue weighted by Gasteiger charge is -2.13. The lowest BCUT2D eigenvalue weighted by Crippen LogP contribution is -2.28. The van der Waals surface area contributed by atoms with Gasteiger partial charge in [-0.2, -0.15) is 4.98 Å². The van der Waals surface area contributed by atoms with Crippen LogP contribution in [0, 0.1) is 6.92 Å². The van der Waals surface area contributed by atoms with E-state index in [-0.39, 0.29) is 17.7 Å². The smallest absolute Gasteiger partial charge is 0.276 e. The Bertz CT molecular complexity index is 646. The average molecular weight is 290 g/mol. The predicted octanol–water partition coefficient (Wildman–Crippen LogP) is 2.12. The third kappa shape index (κ3) is 2.68. The molecule has 0 bridgehead atoms. The highest BCUT2D eigenvalue weighted by Gasteiger charge is 2.32. The summed E-state index contributed by atoms with van der Waals surface area (Å²) in [5.41, 5.74) is 0.362. The molecule has 1 fully saturated rings. The van der Waals surface area contributed by atoms with Gasteiger partial charge in [0.2, 0.25) is 5.89 Å². The molecule has 1 aliphatic rings. The van der Waals surface area contributed by atoms with E-state index >= 15 is 0 Å². The van der Waals surface area contributed by atoms with Crippen LogP contribution >= 0.6 is 0 Å². The van der Waals surface area contributed by atoms with Crippen LogP contribution in [-0.2, 0) is 0 Å². The molecule has 1 atom stereocenters.